The Morgan fingerprint density at radius 2 is 2.62 bits per heavy atom. The molecule has 1 aromatic rings. The van der Waals surface area contributed by atoms with E-state index in [4.69, 9.17) is 0 Å². The molecule has 0 unspecified atom stereocenters. The van der Waals surface area contributed by atoms with Gasteiger partial charge in [-0.3, -0.25) is 4.98 Å². The summed E-state index contributed by atoms with van der Waals surface area (Å²) in [6.07, 6.45) is 3.00. The van der Waals surface area contributed by atoms with Crippen LogP contribution in [0.4, 0.5) is 4.39 Å². The lowest BCUT2D eigenvalue weighted by molar-refractivity contribution is 0.484. The van der Waals surface area contributed by atoms with Crippen molar-refractivity contribution in [1.82, 2.24) is 4.98 Å². The van der Waals surface area contributed by atoms with Crippen LogP contribution in [0, 0.1) is 6.07 Å². The lowest BCUT2D eigenvalue weighted by atomic mass is 10.3. The Hall–Kier alpha value is -0.920. The minimum Gasteiger partial charge on any atom is -0.264 e. The summed E-state index contributed by atoms with van der Waals surface area (Å²) in [7, 11) is 0. The third-order valence-corrected chi connectivity index (χ3v) is 0.830. The van der Waals surface area contributed by atoms with E-state index in [0.717, 1.165) is 0 Å². The Balaban J connectivity index is 2.83. The quantitative estimate of drug-likeness (QED) is 0.531. The Kier molecular flexibility index (Phi) is 1.57. The number of alkyl halides is 1. The van der Waals surface area contributed by atoms with Crippen LogP contribution in [0.1, 0.15) is 5.56 Å². The Bertz CT molecular complexity index is 150. The van der Waals surface area contributed by atoms with Gasteiger partial charge in [0.05, 0.1) is 0 Å². The largest absolute Gasteiger partial charge is 0.264 e. The van der Waals surface area contributed by atoms with Gasteiger partial charge < -0.3 is 0 Å². The molecule has 0 N–H and O–H groups in total. The van der Waals surface area contributed by atoms with Crippen molar-refractivity contribution in [2.45, 2.75) is 6.67 Å². The number of rotatable bonds is 1. The normalized spacial score (nSPS) is 9.12. The highest BCUT2D eigenvalue weighted by molar-refractivity contribution is 5.05. The van der Waals surface area contributed by atoms with E-state index in [0.29, 0.717) is 5.56 Å². The van der Waals surface area contributed by atoms with Crippen molar-refractivity contribution < 1.29 is 4.39 Å². The summed E-state index contributed by atoms with van der Waals surface area (Å²) in [5.74, 6) is 0. The molecule has 0 aliphatic heterocycles. The maximum absolute atomic E-state index is 11.7. The van der Waals surface area contributed by atoms with Crippen LogP contribution in [0.15, 0.2) is 18.5 Å². The van der Waals surface area contributed by atoms with E-state index in [9.17, 15) is 4.39 Å². The van der Waals surface area contributed by atoms with Gasteiger partial charge in [-0.2, -0.15) is 0 Å². The van der Waals surface area contributed by atoms with Crippen LogP contribution in [-0.2, 0) is 6.67 Å². The molecule has 0 aromatic carbocycles. The van der Waals surface area contributed by atoms with E-state index in [2.05, 4.69) is 11.1 Å². The van der Waals surface area contributed by atoms with Crippen LogP contribution in [0.3, 0.4) is 0 Å². The van der Waals surface area contributed by atoms with Gasteiger partial charge >= 0.3 is 0 Å². The lowest BCUT2D eigenvalue weighted by Gasteiger charge is -1.85. The first-order chi connectivity index (χ1) is 3.93. The molecule has 8 heavy (non-hydrogen) atoms. The third kappa shape index (κ3) is 1.03. The Morgan fingerprint density at radius 3 is 3.00 bits per heavy atom. The van der Waals surface area contributed by atoms with Gasteiger partial charge in [-0.05, 0) is 11.6 Å². The van der Waals surface area contributed by atoms with Crippen molar-refractivity contribution in [3.05, 3.63) is 30.1 Å². The van der Waals surface area contributed by atoms with E-state index in [1.165, 1.54) is 6.20 Å². The third-order valence-electron chi connectivity index (χ3n) is 0.830. The predicted molar refractivity (Wildman–Crippen MR) is 27.9 cm³/mol. The first-order valence-electron chi connectivity index (χ1n) is 2.30. The van der Waals surface area contributed by atoms with E-state index >= 15 is 0 Å². The molecule has 0 saturated heterocycles. The van der Waals surface area contributed by atoms with Crippen molar-refractivity contribution >= 4 is 0 Å². The van der Waals surface area contributed by atoms with Gasteiger partial charge in [-0.1, -0.05) is 0 Å². The minimum absolute atomic E-state index is 0.456. The summed E-state index contributed by atoms with van der Waals surface area (Å²) in [5, 5.41) is 0. The summed E-state index contributed by atoms with van der Waals surface area (Å²) in [4.78, 5) is 3.67. The van der Waals surface area contributed by atoms with E-state index < -0.39 is 6.67 Å². The summed E-state index contributed by atoms with van der Waals surface area (Å²) in [6.45, 7) is -0.456. The molecule has 0 spiro atoms. The van der Waals surface area contributed by atoms with Crippen LogP contribution in [0.2, 0.25) is 0 Å². The minimum atomic E-state index is -0.456. The summed E-state index contributed by atoms with van der Waals surface area (Å²) in [6, 6.07) is 4.23. The molecule has 1 radical (unpaired) electrons. The zero-order chi connectivity index (χ0) is 5.82. The monoisotopic (exact) mass is 110 g/mol. The number of nitrogens with zero attached hydrogens (tertiary/aromatic N) is 1. The first-order valence-corrected chi connectivity index (χ1v) is 2.30. The van der Waals surface area contributed by atoms with Gasteiger partial charge in [0.1, 0.15) is 6.67 Å². The van der Waals surface area contributed by atoms with Crippen LogP contribution < -0.4 is 0 Å². The molecule has 41 valence electrons. The maximum Gasteiger partial charge on any atom is 0.115 e. The molecule has 1 aromatic heterocycles. The Morgan fingerprint density at radius 1 is 1.75 bits per heavy atom. The van der Waals surface area contributed by atoms with Gasteiger partial charge in [0.15, 0.2) is 0 Å². The molecule has 0 saturated carbocycles. The number of aromatic nitrogens is 1. The second-order valence-corrected chi connectivity index (χ2v) is 1.40. The fourth-order valence-corrected chi connectivity index (χ4v) is 0.427. The average molecular weight is 110 g/mol. The molecule has 0 aliphatic rings. The number of pyridine rings is 1. The standard InChI is InChI=1S/C6H5FN/c7-5-6-1-3-8-4-2-6/h1,3-4H,5H2. The lowest BCUT2D eigenvalue weighted by Crippen LogP contribution is -1.76. The van der Waals surface area contributed by atoms with E-state index in [-0.39, 0.29) is 0 Å². The molecule has 1 heterocycles. The highest BCUT2D eigenvalue weighted by atomic mass is 19.1. The van der Waals surface area contributed by atoms with Gasteiger partial charge in [0.25, 0.3) is 0 Å². The molecule has 0 aliphatic carbocycles. The number of hydrogen-bond acceptors (Lipinski definition) is 1. The summed E-state index contributed by atoms with van der Waals surface area (Å²) in [5.41, 5.74) is 0.556. The van der Waals surface area contributed by atoms with Gasteiger partial charge in [0.2, 0.25) is 0 Å². The van der Waals surface area contributed by atoms with Crippen molar-refractivity contribution in [2.75, 3.05) is 0 Å². The smallest absolute Gasteiger partial charge is 0.115 e. The molecule has 1 rings (SSSR count). The molecular weight excluding hydrogens is 105 g/mol. The first kappa shape index (κ1) is 5.22. The molecule has 0 amide bonds. The van der Waals surface area contributed by atoms with Crippen molar-refractivity contribution in [2.24, 2.45) is 0 Å². The molecule has 2 heteroatoms. The maximum atomic E-state index is 11.7. The van der Waals surface area contributed by atoms with Crippen molar-refractivity contribution in [3.8, 4) is 0 Å². The number of hydrogen-bond donors (Lipinski definition) is 0. The molecular formula is C6H5FN. The van der Waals surface area contributed by atoms with Crippen LogP contribution in [-0.4, -0.2) is 4.98 Å². The predicted octanol–water partition coefficient (Wildman–Crippen LogP) is 1.35. The number of halogens is 1. The Labute approximate surface area is 47.2 Å². The van der Waals surface area contributed by atoms with E-state index in [1.54, 1.807) is 12.3 Å². The molecule has 1 nitrogen and oxygen atoms in total. The summed E-state index contributed by atoms with van der Waals surface area (Å²) >= 11 is 0. The van der Waals surface area contributed by atoms with Gasteiger partial charge in [-0.15, -0.1) is 0 Å². The molecule has 0 bridgehead atoms. The van der Waals surface area contributed by atoms with Crippen LogP contribution in [0.5, 0.6) is 0 Å². The second-order valence-electron chi connectivity index (χ2n) is 1.40. The highest BCUT2D eigenvalue weighted by Gasteiger charge is 1.84. The van der Waals surface area contributed by atoms with Crippen molar-refractivity contribution in [1.29, 1.82) is 0 Å². The van der Waals surface area contributed by atoms with Crippen molar-refractivity contribution in [3.63, 3.8) is 0 Å². The second kappa shape index (κ2) is 2.40. The van der Waals surface area contributed by atoms with Gasteiger partial charge in [-0.25, -0.2) is 4.39 Å². The van der Waals surface area contributed by atoms with Gasteiger partial charge in [0, 0.05) is 18.5 Å². The zero-order valence-electron chi connectivity index (χ0n) is 4.26. The zero-order valence-corrected chi connectivity index (χ0v) is 4.26. The molecule has 0 atom stereocenters. The summed E-state index contributed by atoms with van der Waals surface area (Å²) < 4.78 is 11.7. The molecule has 0 fully saturated rings. The highest BCUT2D eigenvalue weighted by Crippen LogP contribution is 1.95. The fraction of sp³-hybridized carbons (Fsp3) is 0.167. The SMILES string of the molecule is FCc1[c]cncc1. The van der Waals surface area contributed by atoms with Crippen LogP contribution in [0.25, 0.3) is 0 Å². The van der Waals surface area contributed by atoms with Crippen LogP contribution >= 0.6 is 0 Å². The topological polar surface area (TPSA) is 12.9 Å². The fourth-order valence-electron chi connectivity index (χ4n) is 0.427. The average Bonchev–Trinajstić information content (AvgIpc) is 1.90. The van der Waals surface area contributed by atoms with E-state index in [1.807, 2.05) is 0 Å².